The lowest BCUT2D eigenvalue weighted by molar-refractivity contribution is 0.454. The lowest BCUT2D eigenvalue weighted by atomic mass is 9.85. The second kappa shape index (κ2) is 13.9. The van der Waals surface area contributed by atoms with Gasteiger partial charge in [0.15, 0.2) is 11.5 Å². The van der Waals surface area contributed by atoms with Crippen LogP contribution < -0.4 is 5.32 Å². The number of rotatable bonds is 6. The van der Waals surface area contributed by atoms with Gasteiger partial charge in [0.05, 0.1) is 11.0 Å². The van der Waals surface area contributed by atoms with Gasteiger partial charge in [-0.3, -0.25) is 0 Å². The summed E-state index contributed by atoms with van der Waals surface area (Å²) < 4.78 is 9.00. The molecule has 0 saturated carbocycles. The Morgan fingerprint density at radius 3 is 2.22 bits per heavy atom. The van der Waals surface area contributed by atoms with Crippen molar-refractivity contribution in [2.75, 3.05) is 0 Å². The Balaban J connectivity index is 1.08. The van der Waals surface area contributed by atoms with E-state index in [4.69, 9.17) is 14.4 Å². The van der Waals surface area contributed by atoms with E-state index in [1.54, 1.807) is 0 Å². The molecule has 11 rings (SSSR count). The van der Waals surface area contributed by atoms with E-state index in [1.807, 2.05) is 24.3 Å². The highest BCUT2D eigenvalue weighted by Gasteiger charge is 2.36. The normalized spacial score (nSPS) is 19.3. The van der Waals surface area contributed by atoms with Gasteiger partial charge in [0.2, 0.25) is 0 Å². The predicted octanol–water partition coefficient (Wildman–Crippen LogP) is 13.1. The number of para-hydroxylation sites is 3. The maximum atomic E-state index is 6.55. The Morgan fingerprint density at radius 2 is 1.40 bits per heavy atom. The van der Waals surface area contributed by atoms with Gasteiger partial charge in [-0.15, -0.1) is 0 Å². The van der Waals surface area contributed by atoms with Gasteiger partial charge in [-0.2, -0.15) is 0 Å². The number of nitrogens with zero attached hydrogens (tertiary/aromatic N) is 3. The Bertz CT molecular complexity index is 3180. The molecule has 9 aromatic rings. The number of halogens is 1. The fourth-order valence-electron chi connectivity index (χ4n) is 8.88. The maximum Gasteiger partial charge on any atom is 0.156 e. The lowest BCUT2D eigenvalue weighted by Gasteiger charge is -2.35. The number of nitrogens with one attached hydrogen (secondary N) is 1. The van der Waals surface area contributed by atoms with Gasteiger partial charge in [0.1, 0.15) is 17.0 Å². The minimum absolute atomic E-state index is 0.0495. The molecule has 0 fully saturated rings. The molecule has 3 heterocycles. The molecule has 278 valence electrons. The van der Waals surface area contributed by atoms with E-state index in [2.05, 4.69) is 203 Å². The van der Waals surface area contributed by atoms with Gasteiger partial charge in [-0.25, -0.2) is 9.98 Å². The molecule has 1 aliphatic carbocycles. The third-order valence-electron chi connectivity index (χ3n) is 11.7. The quantitative estimate of drug-likeness (QED) is 0.134. The van der Waals surface area contributed by atoms with Crippen LogP contribution in [-0.4, -0.2) is 20.2 Å². The van der Waals surface area contributed by atoms with Crippen molar-refractivity contribution in [1.82, 2.24) is 9.88 Å². The zero-order valence-electron chi connectivity index (χ0n) is 31.7. The number of amidine groups is 2. The van der Waals surface area contributed by atoms with Crippen LogP contribution in [0.5, 0.6) is 0 Å². The molecule has 7 aromatic carbocycles. The summed E-state index contributed by atoms with van der Waals surface area (Å²) in [6.45, 7) is 2.14. The van der Waals surface area contributed by atoms with Crippen molar-refractivity contribution in [3.8, 4) is 16.8 Å². The van der Waals surface area contributed by atoms with E-state index in [1.165, 1.54) is 21.9 Å². The Morgan fingerprint density at radius 1 is 0.672 bits per heavy atom. The van der Waals surface area contributed by atoms with Crippen molar-refractivity contribution in [2.24, 2.45) is 9.98 Å². The van der Waals surface area contributed by atoms with E-state index < -0.39 is 5.66 Å². The number of fused-ring (bicyclic) bond motifs is 6. The molecule has 0 radical (unpaired) electrons. The van der Waals surface area contributed by atoms with Crippen molar-refractivity contribution < 1.29 is 4.42 Å². The zero-order valence-corrected chi connectivity index (χ0v) is 33.8. The molecule has 0 saturated heterocycles. The van der Waals surface area contributed by atoms with Gasteiger partial charge in [0, 0.05) is 53.8 Å². The standard InChI is InChI=1S/C52H37IN4O/c1-52(35-18-7-3-8-19-35)55-50(33-16-5-2-6-17-33)54-51(56-52)42-27-14-25-40(48(42)53)39-24-15-28-45-47(39)43-32-34(30-31-44(43)57(45)36-20-9-4-10-21-36)37-23-13-26-41-38-22-11-12-29-46(38)58-49(37)41/h2-32,40,48H,1H3,(H,54,55,56). The molecule has 6 heteroatoms. The van der Waals surface area contributed by atoms with Crippen LogP contribution in [0.1, 0.15) is 29.5 Å². The van der Waals surface area contributed by atoms with Gasteiger partial charge in [-0.05, 0) is 60.0 Å². The first-order chi connectivity index (χ1) is 28.5. The Hall–Kier alpha value is -6.51. The van der Waals surface area contributed by atoms with Crippen LogP contribution in [0.4, 0.5) is 0 Å². The number of aliphatic imine (C=N–C) groups is 2. The molecule has 2 aliphatic rings. The van der Waals surface area contributed by atoms with Crippen LogP contribution in [0, 0.1) is 0 Å². The van der Waals surface area contributed by atoms with E-state index >= 15 is 0 Å². The summed E-state index contributed by atoms with van der Waals surface area (Å²) in [5, 5.41) is 8.40. The predicted molar refractivity (Wildman–Crippen MR) is 249 cm³/mol. The number of benzene rings is 7. The summed E-state index contributed by atoms with van der Waals surface area (Å²) in [7, 11) is 0. The molecule has 0 amide bonds. The molecule has 3 atom stereocenters. The van der Waals surface area contributed by atoms with Crippen LogP contribution in [-0.2, 0) is 5.66 Å². The topological polar surface area (TPSA) is 54.8 Å². The molecule has 5 nitrogen and oxygen atoms in total. The van der Waals surface area contributed by atoms with E-state index in [0.29, 0.717) is 0 Å². The minimum Gasteiger partial charge on any atom is -0.455 e. The van der Waals surface area contributed by atoms with Gasteiger partial charge < -0.3 is 14.3 Å². The van der Waals surface area contributed by atoms with Crippen molar-refractivity contribution in [1.29, 1.82) is 0 Å². The monoisotopic (exact) mass is 860 g/mol. The number of alkyl halides is 1. The Labute approximate surface area is 349 Å². The number of hydrogen-bond donors (Lipinski definition) is 1. The average Bonchev–Trinajstić information content (AvgIpc) is 3.83. The third-order valence-corrected chi connectivity index (χ3v) is 13.1. The first-order valence-corrected chi connectivity index (χ1v) is 20.9. The van der Waals surface area contributed by atoms with E-state index in [-0.39, 0.29) is 9.84 Å². The molecule has 1 aliphatic heterocycles. The molecule has 0 bridgehead atoms. The lowest BCUT2D eigenvalue weighted by Crippen LogP contribution is -2.46. The van der Waals surface area contributed by atoms with Crippen LogP contribution in [0.3, 0.4) is 0 Å². The molecule has 3 unspecified atom stereocenters. The van der Waals surface area contributed by atoms with Crippen molar-refractivity contribution in [2.45, 2.75) is 22.4 Å². The van der Waals surface area contributed by atoms with Crippen LogP contribution in [0.25, 0.3) is 60.6 Å². The highest BCUT2D eigenvalue weighted by Crippen LogP contribution is 2.45. The largest absolute Gasteiger partial charge is 0.455 e. The van der Waals surface area contributed by atoms with Crippen molar-refractivity contribution in [3.05, 3.63) is 210 Å². The summed E-state index contributed by atoms with van der Waals surface area (Å²) in [6, 6.07) is 59.9. The minimum atomic E-state index is -0.709. The van der Waals surface area contributed by atoms with Gasteiger partial charge in [-0.1, -0.05) is 174 Å². The summed E-state index contributed by atoms with van der Waals surface area (Å²) in [5.74, 6) is 1.61. The smallest absolute Gasteiger partial charge is 0.156 e. The van der Waals surface area contributed by atoms with E-state index in [0.717, 1.165) is 72.6 Å². The van der Waals surface area contributed by atoms with Gasteiger partial charge >= 0.3 is 0 Å². The first kappa shape index (κ1) is 34.7. The fraction of sp³-hybridized carbons (Fsp3) is 0.0769. The van der Waals surface area contributed by atoms with Crippen LogP contribution in [0.15, 0.2) is 208 Å². The molecular weight excluding hydrogens is 824 g/mol. The van der Waals surface area contributed by atoms with Crippen molar-refractivity contribution >= 4 is 78.0 Å². The third kappa shape index (κ3) is 5.65. The summed E-state index contributed by atoms with van der Waals surface area (Å²) >= 11 is 2.63. The van der Waals surface area contributed by atoms with Crippen LogP contribution >= 0.6 is 22.6 Å². The zero-order chi connectivity index (χ0) is 38.8. The Kier molecular flexibility index (Phi) is 8.29. The first-order valence-electron chi connectivity index (χ1n) is 19.7. The highest BCUT2D eigenvalue weighted by molar-refractivity contribution is 14.1. The second-order valence-corrected chi connectivity index (χ2v) is 16.5. The number of furan rings is 1. The molecule has 0 spiro atoms. The molecule has 58 heavy (non-hydrogen) atoms. The number of aromatic nitrogens is 1. The molecule has 1 N–H and O–H groups in total. The second-order valence-electron chi connectivity index (χ2n) is 15.2. The fourth-order valence-corrected chi connectivity index (χ4v) is 10.00. The van der Waals surface area contributed by atoms with Crippen molar-refractivity contribution in [3.63, 3.8) is 0 Å². The molecular formula is C52H37IN4O. The highest BCUT2D eigenvalue weighted by atomic mass is 127. The van der Waals surface area contributed by atoms with E-state index in [9.17, 15) is 0 Å². The maximum absolute atomic E-state index is 6.55. The molecule has 2 aromatic heterocycles. The van der Waals surface area contributed by atoms with Gasteiger partial charge in [0.25, 0.3) is 0 Å². The SMILES string of the molecule is CC1(c2ccccc2)N=C(C2=CC=CC(c3cccc4c3c3cc(-c5cccc6c5oc5ccccc56)ccc3n4-c3ccccc3)C2I)N=C(c2ccccc2)N1. The number of hydrogen-bond acceptors (Lipinski definition) is 4. The average molecular weight is 861 g/mol. The number of allylic oxidation sites excluding steroid dienone is 3. The summed E-state index contributed by atoms with van der Waals surface area (Å²) in [5.41, 5.74) is 11.2. The summed E-state index contributed by atoms with van der Waals surface area (Å²) in [6.07, 6.45) is 6.74. The summed E-state index contributed by atoms with van der Waals surface area (Å²) in [4.78, 5) is 10.7. The van der Waals surface area contributed by atoms with Crippen LogP contribution in [0.2, 0.25) is 0 Å².